The Kier molecular flexibility index (Phi) is 3.31. The number of anilines is 1. The Morgan fingerprint density at radius 1 is 1.32 bits per heavy atom. The van der Waals surface area contributed by atoms with Crippen LogP contribution in [0.25, 0.3) is 10.2 Å². The molecule has 3 aromatic heterocycles. The van der Waals surface area contributed by atoms with E-state index in [1.54, 1.807) is 23.9 Å². The van der Waals surface area contributed by atoms with E-state index in [-0.39, 0.29) is 0 Å². The van der Waals surface area contributed by atoms with Gasteiger partial charge in [0.1, 0.15) is 17.0 Å². The Morgan fingerprint density at radius 2 is 2.14 bits per heavy atom. The van der Waals surface area contributed by atoms with E-state index in [1.807, 2.05) is 10.9 Å². The second kappa shape index (κ2) is 5.21. The van der Waals surface area contributed by atoms with Crippen LogP contribution in [0.1, 0.15) is 10.4 Å². The maximum Gasteiger partial charge on any atom is 0.141 e. The van der Waals surface area contributed by atoms with Crippen LogP contribution in [0.4, 0.5) is 5.82 Å². The maximum atomic E-state index is 5.91. The molecule has 0 unspecified atom stereocenters. The highest BCUT2D eigenvalue weighted by Crippen LogP contribution is 2.36. The molecule has 4 rings (SSSR count). The molecule has 3 aromatic rings. The molecule has 1 aliphatic heterocycles. The number of thiophene rings is 1. The molecule has 0 amide bonds. The van der Waals surface area contributed by atoms with Crippen LogP contribution in [-0.4, -0.2) is 32.8 Å². The van der Waals surface area contributed by atoms with Crippen LogP contribution in [0.2, 0.25) is 5.02 Å². The Labute approximate surface area is 137 Å². The second-order valence-electron chi connectivity index (χ2n) is 5.81. The number of aromatic nitrogens is 4. The SMILES string of the molecule is Cc1sc2ncnc(N3CC(Cn4cc(Cl)cn4)C3)c2c1C. The number of rotatable bonds is 3. The quantitative estimate of drug-likeness (QED) is 0.738. The van der Waals surface area contributed by atoms with Gasteiger partial charge in [-0.2, -0.15) is 5.10 Å². The zero-order valence-corrected chi connectivity index (χ0v) is 14.0. The van der Waals surface area contributed by atoms with Gasteiger partial charge in [-0.05, 0) is 19.4 Å². The number of hydrogen-bond acceptors (Lipinski definition) is 5. The first-order valence-corrected chi connectivity index (χ1v) is 8.45. The standard InChI is InChI=1S/C15H16ClN5S/c1-9-10(2)22-15-13(9)14(17-8-18-15)20-4-11(5-20)6-21-7-12(16)3-19-21/h3,7-8,11H,4-6H2,1-2H3. The van der Waals surface area contributed by atoms with Crippen molar-refractivity contribution in [2.24, 2.45) is 5.92 Å². The number of hydrogen-bond donors (Lipinski definition) is 0. The third-order valence-electron chi connectivity index (χ3n) is 4.25. The zero-order valence-electron chi connectivity index (χ0n) is 12.5. The number of nitrogens with zero attached hydrogens (tertiary/aromatic N) is 5. The van der Waals surface area contributed by atoms with Crippen molar-refractivity contribution in [1.82, 2.24) is 19.7 Å². The molecule has 22 heavy (non-hydrogen) atoms. The van der Waals surface area contributed by atoms with Gasteiger partial charge in [-0.1, -0.05) is 11.6 Å². The molecule has 0 bridgehead atoms. The average Bonchev–Trinajstić information content (AvgIpc) is 2.98. The molecule has 0 aliphatic carbocycles. The van der Waals surface area contributed by atoms with Crippen LogP contribution in [0.3, 0.4) is 0 Å². The fourth-order valence-corrected chi connectivity index (χ4v) is 4.11. The van der Waals surface area contributed by atoms with Gasteiger partial charge in [0, 0.05) is 36.6 Å². The van der Waals surface area contributed by atoms with Gasteiger partial charge < -0.3 is 4.90 Å². The van der Waals surface area contributed by atoms with Gasteiger partial charge in [0.2, 0.25) is 0 Å². The molecule has 1 aliphatic rings. The fourth-order valence-electron chi connectivity index (χ4n) is 2.96. The highest BCUT2D eigenvalue weighted by molar-refractivity contribution is 7.18. The minimum Gasteiger partial charge on any atom is -0.355 e. The van der Waals surface area contributed by atoms with Crippen molar-refractivity contribution in [2.45, 2.75) is 20.4 Å². The Bertz CT molecular complexity index is 834. The normalized spacial score (nSPS) is 15.5. The summed E-state index contributed by atoms with van der Waals surface area (Å²) in [5, 5.41) is 6.15. The third kappa shape index (κ3) is 2.27. The summed E-state index contributed by atoms with van der Waals surface area (Å²) in [6.07, 6.45) is 5.23. The molecule has 0 aromatic carbocycles. The largest absolute Gasteiger partial charge is 0.355 e. The molecule has 1 fully saturated rings. The fraction of sp³-hybridized carbons (Fsp3) is 0.400. The van der Waals surface area contributed by atoms with E-state index in [4.69, 9.17) is 11.6 Å². The van der Waals surface area contributed by atoms with Crippen LogP contribution < -0.4 is 4.90 Å². The van der Waals surface area contributed by atoms with Crippen LogP contribution in [0, 0.1) is 19.8 Å². The first-order chi connectivity index (χ1) is 10.6. The highest BCUT2D eigenvalue weighted by atomic mass is 35.5. The lowest BCUT2D eigenvalue weighted by atomic mass is 9.99. The molecule has 5 nitrogen and oxygen atoms in total. The van der Waals surface area contributed by atoms with Gasteiger partial charge in [0.25, 0.3) is 0 Å². The van der Waals surface area contributed by atoms with E-state index < -0.39 is 0 Å². The van der Waals surface area contributed by atoms with Crippen molar-refractivity contribution < 1.29 is 0 Å². The molecule has 1 saturated heterocycles. The van der Waals surface area contributed by atoms with Crippen molar-refractivity contribution in [2.75, 3.05) is 18.0 Å². The van der Waals surface area contributed by atoms with Crippen LogP contribution in [0.5, 0.6) is 0 Å². The van der Waals surface area contributed by atoms with Crippen molar-refractivity contribution in [3.63, 3.8) is 0 Å². The molecule has 4 heterocycles. The summed E-state index contributed by atoms with van der Waals surface area (Å²) in [6.45, 7) is 7.20. The topological polar surface area (TPSA) is 46.8 Å². The Balaban J connectivity index is 1.53. The average molecular weight is 334 g/mol. The van der Waals surface area contributed by atoms with Gasteiger partial charge in [0.05, 0.1) is 16.6 Å². The van der Waals surface area contributed by atoms with Gasteiger partial charge in [0.15, 0.2) is 0 Å². The summed E-state index contributed by atoms with van der Waals surface area (Å²) in [7, 11) is 0. The third-order valence-corrected chi connectivity index (χ3v) is 5.56. The van der Waals surface area contributed by atoms with Crippen LogP contribution in [-0.2, 0) is 6.54 Å². The Hall–Kier alpha value is -1.66. The number of aryl methyl sites for hydroxylation is 2. The van der Waals surface area contributed by atoms with E-state index in [9.17, 15) is 0 Å². The number of fused-ring (bicyclic) bond motifs is 1. The van der Waals surface area contributed by atoms with Crippen LogP contribution in [0.15, 0.2) is 18.7 Å². The minimum atomic E-state index is 0.584. The van der Waals surface area contributed by atoms with Gasteiger partial charge in [-0.15, -0.1) is 11.3 Å². The molecule has 7 heteroatoms. The predicted octanol–water partition coefficient (Wildman–Crippen LogP) is 3.29. The summed E-state index contributed by atoms with van der Waals surface area (Å²) in [5.41, 5.74) is 1.30. The molecule has 0 atom stereocenters. The second-order valence-corrected chi connectivity index (χ2v) is 7.45. The molecule has 0 N–H and O–H groups in total. The molecular weight excluding hydrogens is 318 g/mol. The summed E-state index contributed by atoms with van der Waals surface area (Å²) >= 11 is 7.65. The number of halogens is 1. The Morgan fingerprint density at radius 3 is 2.86 bits per heavy atom. The molecule has 0 saturated carbocycles. The monoisotopic (exact) mass is 333 g/mol. The van der Waals surface area contributed by atoms with E-state index in [1.165, 1.54) is 15.8 Å². The van der Waals surface area contributed by atoms with Crippen molar-refractivity contribution in [3.8, 4) is 0 Å². The predicted molar refractivity (Wildman–Crippen MR) is 89.8 cm³/mol. The van der Waals surface area contributed by atoms with Gasteiger partial charge in [-0.25, -0.2) is 9.97 Å². The molecule has 114 valence electrons. The van der Waals surface area contributed by atoms with E-state index in [2.05, 4.69) is 33.8 Å². The van der Waals surface area contributed by atoms with E-state index >= 15 is 0 Å². The maximum absolute atomic E-state index is 5.91. The van der Waals surface area contributed by atoms with Crippen molar-refractivity contribution >= 4 is 39.0 Å². The lowest BCUT2D eigenvalue weighted by molar-refractivity contribution is 0.341. The van der Waals surface area contributed by atoms with E-state index in [0.29, 0.717) is 10.9 Å². The van der Waals surface area contributed by atoms with E-state index in [0.717, 1.165) is 30.3 Å². The lowest BCUT2D eigenvalue weighted by Gasteiger charge is -2.40. The lowest BCUT2D eigenvalue weighted by Crippen LogP contribution is -2.49. The summed E-state index contributed by atoms with van der Waals surface area (Å²) < 4.78 is 1.92. The molecule has 0 spiro atoms. The summed E-state index contributed by atoms with van der Waals surface area (Å²) in [6, 6.07) is 0. The smallest absolute Gasteiger partial charge is 0.141 e. The highest BCUT2D eigenvalue weighted by Gasteiger charge is 2.30. The van der Waals surface area contributed by atoms with Crippen molar-refractivity contribution in [3.05, 3.63) is 34.2 Å². The first kappa shape index (κ1) is 14.0. The van der Waals surface area contributed by atoms with Gasteiger partial charge in [-0.3, -0.25) is 4.68 Å². The summed E-state index contributed by atoms with van der Waals surface area (Å²) in [5.74, 6) is 1.66. The first-order valence-electron chi connectivity index (χ1n) is 7.25. The van der Waals surface area contributed by atoms with Crippen molar-refractivity contribution in [1.29, 1.82) is 0 Å². The molecular formula is C15H16ClN5S. The minimum absolute atomic E-state index is 0.584. The summed E-state index contributed by atoms with van der Waals surface area (Å²) in [4.78, 5) is 13.7. The molecule has 0 radical (unpaired) electrons. The van der Waals surface area contributed by atoms with Crippen LogP contribution >= 0.6 is 22.9 Å². The van der Waals surface area contributed by atoms with Gasteiger partial charge >= 0.3 is 0 Å². The zero-order chi connectivity index (χ0) is 15.3.